The summed E-state index contributed by atoms with van der Waals surface area (Å²) in [5.41, 5.74) is 2.43. The number of carbonyl (C=O) groups is 1. The van der Waals surface area contributed by atoms with Gasteiger partial charge < -0.3 is 10.2 Å². The fraction of sp³-hybridized carbons (Fsp3) is 0.476. The lowest BCUT2D eigenvalue weighted by atomic mass is 10.0. The molecule has 0 bridgehead atoms. The third-order valence-corrected chi connectivity index (χ3v) is 4.90. The number of hydrogen-bond donors (Lipinski definition) is 1. The van der Waals surface area contributed by atoms with E-state index in [1.165, 1.54) is 18.4 Å². The van der Waals surface area contributed by atoms with Crippen molar-refractivity contribution in [3.8, 4) is 0 Å². The number of aryl methyl sites for hydroxylation is 1. The van der Waals surface area contributed by atoms with Crippen LogP contribution in [0.5, 0.6) is 0 Å². The van der Waals surface area contributed by atoms with E-state index in [4.69, 9.17) is 0 Å². The van der Waals surface area contributed by atoms with Crippen LogP contribution in [0.2, 0.25) is 0 Å². The lowest BCUT2D eigenvalue weighted by molar-refractivity contribution is -0.121. The quantitative estimate of drug-likeness (QED) is 0.832. The van der Waals surface area contributed by atoms with Crippen molar-refractivity contribution < 1.29 is 4.79 Å². The molecule has 2 aromatic rings. The first-order valence-corrected chi connectivity index (χ1v) is 9.63. The van der Waals surface area contributed by atoms with Crippen LogP contribution in [0.3, 0.4) is 0 Å². The molecule has 0 unspecified atom stereocenters. The molecule has 5 nitrogen and oxygen atoms in total. The Morgan fingerprint density at radius 1 is 1.12 bits per heavy atom. The largest absolute Gasteiger partial charge is 0.353 e. The second-order valence-corrected chi connectivity index (χ2v) is 6.97. The lowest BCUT2D eigenvalue weighted by Gasteiger charge is -2.32. The Bertz CT molecular complexity index is 679. The van der Waals surface area contributed by atoms with Gasteiger partial charge in [0, 0.05) is 31.5 Å². The van der Waals surface area contributed by atoms with E-state index in [9.17, 15) is 4.79 Å². The van der Waals surface area contributed by atoms with Gasteiger partial charge in [-0.3, -0.25) is 4.79 Å². The van der Waals surface area contributed by atoms with Crippen LogP contribution in [0.15, 0.2) is 42.7 Å². The fourth-order valence-corrected chi connectivity index (χ4v) is 3.35. The minimum absolute atomic E-state index is 0.112. The summed E-state index contributed by atoms with van der Waals surface area (Å²) in [5.74, 6) is 0.890. The predicted octanol–water partition coefficient (Wildman–Crippen LogP) is 3.15. The van der Waals surface area contributed by atoms with Gasteiger partial charge in [0.15, 0.2) is 0 Å². The average molecular weight is 352 g/mol. The van der Waals surface area contributed by atoms with E-state index in [2.05, 4.69) is 51.4 Å². The summed E-state index contributed by atoms with van der Waals surface area (Å²) in [6, 6.07) is 10.5. The number of hydrogen-bond acceptors (Lipinski definition) is 4. The van der Waals surface area contributed by atoms with Crippen LogP contribution in [0.1, 0.15) is 43.7 Å². The molecule has 5 heteroatoms. The van der Waals surface area contributed by atoms with Gasteiger partial charge in [-0.05, 0) is 42.9 Å². The van der Waals surface area contributed by atoms with E-state index in [1.54, 1.807) is 12.4 Å². The van der Waals surface area contributed by atoms with Crippen LogP contribution < -0.4 is 10.2 Å². The number of anilines is 1. The SMILES string of the molecule is CCCCc1ccc(CC(=O)NC2CCN(c3ncccn3)CC2)cc1. The first-order valence-electron chi connectivity index (χ1n) is 9.63. The topological polar surface area (TPSA) is 58.1 Å². The van der Waals surface area contributed by atoms with Crippen LogP contribution in [-0.4, -0.2) is 35.0 Å². The highest BCUT2D eigenvalue weighted by Gasteiger charge is 2.22. The number of rotatable bonds is 7. The molecule has 0 aliphatic carbocycles. The van der Waals surface area contributed by atoms with Gasteiger partial charge in [-0.1, -0.05) is 37.6 Å². The molecule has 0 spiro atoms. The molecule has 0 atom stereocenters. The van der Waals surface area contributed by atoms with Crippen LogP contribution >= 0.6 is 0 Å². The van der Waals surface area contributed by atoms with E-state index >= 15 is 0 Å². The molecule has 138 valence electrons. The van der Waals surface area contributed by atoms with Crippen molar-refractivity contribution in [1.29, 1.82) is 0 Å². The zero-order chi connectivity index (χ0) is 18.2. The second kappa shape index (κ2) is 9.32. The number of amides is 1. The summed E-state index contributed by atoms with van der Waals surface area (Å²) in [6.45, 7) is 3.96. The van der Waals surface area contributed by atoms with Crippen molar-refractivity contribution in [2.45, 2.75) is 51.5 Å². The third-order valence-electron chi connectivity index (χ3n) is 4.90. The maximum absolute atomic E-state index is 12.3. The number of benzene rings is 1. The maximum atomic E-state index is 12.3. The Labute approximate surface area is 155 Å². The summed E-state index contributed by atoms with van der Waals surface area (Å²) in [4.78, 5) is 23.1. The van der Waals surface area contributed by atoms with Crippen LogP contribution in [0.4, 0.5) is 5.95 Å². The summed E-state index contributed by atoms with van der Waals surface area (Å²) < 4.78 is 0. The van der Waals surface area contributed by atoms with Crippen molar-refractivity contribution in [1.82, 2.24) is 15.3 Å². The summed E-state index contributed by atoms with van der Waals surface area (Å²) >= 11 is 0. The van der Waals surface area contributed by atoms with Gasteiger partial charge in [-0.25, -0.2) is 9.97 Å². The first-order chi connectivity index (χ1) is 12.7. The minimum Gasteiger partial charge on any atom is -0.353 e. The molecule has 0 saturated carbocycles. The van der Waals surface area contributed by atoms with Gasteiger partial charge in [0.2, 0.25) is 11.9 Å². The highest BCUT2D eigenvalue weighted by atomic mass is 16.1. The minimum atomic E-state index is 0.112. The van der Waals surface area contributed by atoms with Crippen LogP contribution in [0.25, 0.3) is 0 Å². The van der Waals surface area contributed by atoms with Crippen molar-refractivity contribution in [2.75, 3.05) is 18.0 Å². The molecule has 1 aromatic carbocycles. The van der Waals surface area contributed by atoms with Crippen molar-refractivity contribution in [3.63, 3.8) is 0 Å². The second-order valence-electron chi connectivity index (χ2n) is 6.97. The number of carbonyl (C=O) groups excluding carboxylic acids is 1. The van der Waals surface area contributed by atoms with Crippen LogP contribution in [-0.2, 0) is 17.6 Å². The number of nitrogens with zero attached hydrogens (tertiary/aromatic N) is 3. The highest BCUT2D eigenvalue weighted by molar-refractivity contribution is 5.78. The zero-order valence-electron chi connectivity index (χ0n) is 15.5. The zero-order valence-corrected chi connectivity index (χ0v) is 15.5. The van der Waals surface area contributed by atoms with E-state index in [0.717, 1.165) is 43.9 Å². The van der Waals surface area contributed by atoms with Gasteiger partial charge in [-0.15, -0.1) is 0 Å². The van der Waals surface area contributed by atoms with E-state index in [0.29, 0.717) is 6.42 Å². The molecule has 1 saturated heterocycles. The molecular weight excluding hydrogens is 324 g/mol. The van der Waals surface area contributed by atoms with Gasteiger partial charge >= 0.3 is 0 Å². The molecule has 3 rings (SSSR count). The number of piperidine rings is 1. The van der Waals surface area contributed by atoms with Crippen molar-refractivity contribution in [3.05, 3.63) is 53.9 Å². The number of nitrogens with one attached hydrogen (secondary N) is 1. The number of unbranched alkanes of at least 4 members (excludes halogenated alkanes) is 1. The Balaban J connectivity index is 1.43. The average Bonchev–Trinajstić information content (AvgIpc) is 2.69. The monoisotopic (exact) mass is 352 g/mol. The standard InChI is InChI=1S/C21H28N4O/c1-2-3-5-17-6-8-18(9-7-17)16-20(26)24-19-10-14-25(15-11-19)21-22-12-4-13-23-21/h4,6-9,12-13,19H,2-3,5,10-11,14-16H2,1H3,(H,24,26). The summed E-state index contributed by atoms with van der Waals surface area (Å²) in [7, 11) is 0. The first kappa shape index (κ1) is 18.4. The van der Waals surface area contributed by atoms with E-state index in [-0.39, 0.29) is 11.9 Å². The molecule has 1 amide bonds. The molecule has 1 fully saturated rings. The molecule has 26 heavy (non-hydrogen) atoms. The Kier molecular flexibility index (Phi) is 6.58. The van der Waals surface area contributed by atoms with Gasteiger partial charge in [0.1, 0.15) is 0 Å². The Hall–Kier alpha value is -2.43. The molecule has 0 radical (unpaired) electrons. The van der Waals surface area contributed by atoms with Gasteiger partial charge in [0.25, 0.3) is 0 Å². The molecule has 1 aromatic heterocycles. The predicted molar refractivity (Wildman–Crippen MR) is 104 cm³/mol. The van der Waals surface area contributed by atoms with Crippen LogP contribution in [0, 0.1) is 0 Å². The Morgan fingerprint density at radius 3 is 2.42 bits per heavy atom. The molecular formula is C21H28N4O. The van der Waals surface area contributed by atoms with Gasteiger partial charge in [0.05, 0.1) is 6.42 Å². The lowest BCUT2D eigenvalue weighted by Crippen LogP contribution is -2.45. The summed E-state index contributed by atoms with van der Waals surface area (Å²) in [5, 5.41) is 3.18. The highest BCUT2D eigenvalue weighted by Crippen LogP contribution is 2.15. The van der Waals surface area contributed by atoms with E-state index < -0.39 is 0 Å². The fourth-order valence-electron chi connectivity index (χ4n) is 3.35. The Morgan fingerprint density at radius 2 is 1.77 bits per heavy atom. The maximum Gasteiger partial charge on any atom is 0.225 e. The molecule has 1 aliphatic heterocycles. The molecule has 2 heterocycles. The van der Waals surface area contributed by atoms with Gasteiger partial charge in [-0.2, -0.15) is 0 Å². The third kappa shape index (κ3) is 5.28. The van der Waals surface area contributed by atoms with Crippen molar-refractivity contribution >= 4 is 11.9 Å². The summed E-state index contributed by atoms with van der Waals surface area (Å²) in [6.07, 6.45) is 9.39. The smallest absolute Gasteiger partial charge is 0.225 e. The number of aromatic nitrogens is 2. The normalized spacial score (nSPS) is 15.0. The molecule has 1 N–H and O–H groups in total. The van der Waals surface area contributed by atoms with E-state index in [1.807, 2.05) is 6.07 Å². The van der Waals surface area contributed by atoms with Crippen molar-refractivity contribution in [2.24, 2.45) is 0 Å². The molecule has 1 aliphatic rings.